The van der Waals surface area contributed by atoms with Crippen LogP contribution in [0.3, 0.4) is 0 Å². The lowest BCUT2D eigenvalue weighted by Gasteiger charge is -2.10. The van der Waals surface area contributed by atoms with Gasteiger partial charge in [0.25, 0.3) is 5.91 Å². The molecule has 1 aromatic heterocycles. The van der Waals surface area contributed by atoms with E-state index in [0.717, 1.165) is 40.1 Å². The highest BCUT2D eigenvalue weighted by Gasteiger charge is 2.65. The van der Waals surface area contributed by atoms with Gasteiger partial charge in [-0.3, -0.25) is 4.79 Å². The molecule has 3 saturated carbocycles. The molecule has 2 aromatic rings. The Morgan fingerprint density at radius 1 is 1.15 bits per heavy atom. The minimum Gasteiger partial charge on any atom is -0.361 e. The maximum absolute atomic E-state index is 12.4. The average Bonchev–Trinajstić information content (AvgIpc) is 2.92. The van der Waals surface area contributed by atoms with Crippen molar-refractivity contribution >= 4 is 16.8 Å². The van der Waals surface area contributed by atoms with Gasteiger partial charge < -0.3 is 10.3 Å². The van der Waals surface area contributed by atoms with Crippen LogP contribution in [0, 0.1) is 23.7 Å². The Balaban J connectivity index is 1.36. The first-order chi connectivity index (χ1) is 9.81. The van der Waals surface area contributed by atoms with E-state index in [-0.39, 0.29) is 5.91 Å². The number of hydrogen-bond donors (Lipinski definition) is 2. The maximum Gasteiger partial charge on any atom is 0.251 e. The van der Waals surface area contributed by atoms with Gasteiger partial charge in [0.05, 0.1) is 0 Å². The van der Waals surface area contributed by atoms with Crippen LogP contribution in [0.25, 0.3) is 10.9 Å². The standard InChI is InChI=1S/C17H18N2O/c20-17(12-4-1-9-5-6-18-13(9)8-12)19-16-14-10-2-3-11(7-10)15(14)16/h1,4-6,8,10-11,14-16,18H,2-3,7H2,(H,19,20). The second-order valence-corrected chi connectivity index (χ2v) is 6.77. The number of aromatic nitrogens is 1. The number of carbonyl (C=O) groups is 1. The van der Waals surface area contributed by atoms with Gasteiger partial charge in [-0.2, -0.15) is 0 Å². The van der Waals surface area contributed by atoms with Crippen LogP contribution in [0.15, 0.2) is 30.5 Å². The zero-order chi connectivity index (χ0) is 13.3. The number of rotatable bonds is 2. The number of nitrogens with one attached hydrogen (secondary N) is 2. The molecular formula is C17H18N2O. The van der Waals surface area contributed by atoms with Crippen LogP contribution in [0.2, 0.25) is 0 Å². The zero-order valence-corrected chi connectivity index (χ0v) is 11.3. The monoisotopic (exact) mass is 266 g/mol. The molecule has 3 aliphatic carbocycles. The van der Waals surface area contributed by atoms with Crippen molar-refractivity contribution in [3.63, 3.8) is 0 Å². The predicted molar refractivity (Wildman–Crippen MR) is 77.4 cm³/mol. The van der Waals surface area contributed by atoms with E-state index in [1.54, 1.807) is 0 Å². The highest BCUT2D eigenvalue weighted by atomic mass is 16.1. The molecule has 0 aliphatic heterocycles. The Hall–Kier alpha value is -1.77. The molecule has 3 aliphatic rings. The summed E-state index contributed by atoms with van der Waals surface area (Å²) in [5.41, 5.74) is 1.81. The Labute approximate surface area is 117 Å². The van der Waals surface area contributed by atoms with Gasteiger partial charge in [0, 0.05) is 23.3 Å². The highest BCUT2D eigenvalue weighted by molar-refractivity contribution is 5.98. The molecule has 1 aromatic carbocycles. The molecule has 4 unspecified atom stereocenters. The highest BCUT2D eigenvalue weighted by Crippen LogP contribution is 2.65. The third-order valence-corrected chi connectivity index (χ3v) is 5.85. The van der Waals surface area contributed by atoms with Crippen molar-refractivity contribution in [1.82, 2.24) is 10.3 Å². The van der Waals surface area contributed by atoms with Crippen molar-refractivity contribution in [3.8, 4) is 0 Å². The Kier molecular flexibility index (Phi) is 2.00. The molecule has 3 nitrogen and oxygen atoms in total. The molecule has 102 valence electrons. The van der Waals surface area contributed by atoms with Crippen molar-refractivity contribution in [2.75, 3.05) is 0 Å². The van der Waals surface area contributed by atoms with Crippen LogP contribution < -0.4 is 5.32 Å². The first-order valence-electron chi connectivity index (χ1n) is 7.69. The third kappa shape index (κ3) is 1.38. The molecule has 3 fully saturated rings. The van der Waals surface area contributed by atoms with Gasteiger partial charge in [-0.1, -0.05) is 6.07 Å². The van der Waals surface area contributed by atoms with E-state index in [1.165, 1.54) is 19.3 Å². The van der Waals surface area contributed by atoms with E-state index in [0.29, 0.717) is 6.04 Å². The average molecular weight is 266 g/mol. The molecule has 1 amide bonds. The minimum atomic E-state index is 0.0975. The number of H-pyrrole nitrogens is 1. The quantitative estimate of drug-likeness (QED) is 0.862. The lowest BCUT2D eigenvalue weighted by atomic mass is 10.0. The zero-order valence-electron chi connectivity index (χ0n) is 11.3. The summed E-state index contributed by atoms with van der Waals surface area (Å²) >= 11 is 0. The number of amides is 1. The number of aromatic amines is 1. The molecule has 5 rings (SSSR count). The number of benzene rings is 1. The SMILES string of the molecule is O=C(NC1C2C3CCC(C3)C12)c1ccc2cc[nH]c2c1. The Morgan fingerprint density at radius 3 is 2.75 bits per heavy atom. The molecule has 4 atom stereocenters. The van der Waals surface area contributed by atoms with Crippen LogP contribution >= 0.6 is 0 Å². The van der Waals surface area contributed by atoms with Crippen LogP contribution in [0.4, 0.5) is 0 Å². The Bertz CT molecular complexity index is 688. The molecular weight excluding hydrogens is 248 g/mol. The normalized spacial score (nSPS) is 37.1. The van der Waals surface area contributed by atoms with Crippen molar-refractivity contribution in [1.29, 1.82) is 0 Å². The minimum absolute atomic E-state index is 0.0975. The lowest BCUT2D eigenvalue weighted by Crippen LogP contribution is -2.29. The van der Waals surface area contributed by atoms with Crippen LogP contribution in [0.1, 0.15) is 29.6 Å². The fourth-order valence-corrected chi connectivity index (χ4v) is 4.94. The van der Waals surface area contributed by atoms with E-state index in [4.69, 9.17) is 0 Å². The predicted octanol–water partition coefficient (Wildman–Crippen LogP) is 2.94. The second-order valence-electron chi connectivity index (χ2n) is 6.77. The summed E-state index contributed by atoms with van der Waals surface area (Å²) < 4.78 is 0. The van der Waals surface area contributed by atoms with Crippen molar-refractivity contribution in [3.05, 3.63) is 36.0 Å². The molecule has 1 heterocycles. The number of hydrogen-bond acceptors (Lipinski definition) is 1. The molecule has 0 saturated heterocycles. The number of carbonyl (C=O) groups excluding carboxylic acids is 1. The fraction of sp³-hybridized carbons (Fsp3) is 0.471. The van der Waals surface area contributed by atoms with Crippen molar-refractivity contribution in [2.24, 2.45) is 23.7 Å². The molecule has 2 bridgehead atoms. The van der Waals surface area contributed by atoms with Crippen molar-refractivity contribution in [2.45, 2.75) is 25.3 Å². The van der Waals surface area contributed by atoms with Crippen molar-refractivity contribution < 1.29 is 4.79 Å². The van der Waals surface area contributed by atoms with E-state index in [1.807, 2.05) is 30.5 Å². The van der Waals surface area contributed by atoms with Crippen LogP contribution in [-0.2, 0) is 0 Å². The first kappa shape index (κ1) is 11.0. The second kappa shape index (κ2) is 3.66. The number of fused-ring (bicyclic) bond motifs is 6. The summed E-state index contributed by atoms with van der Waals surface area (Å²) in [6, 6.07) is 8.39. The molecule has 20 heavy (non-hydrogen) atoms. The van der Waals surface area contributed by atoms with Gasteiger partial charge in [0.15, 0.2) is 0 Å². The maximum atomic E-state index is 12.4. The summed E-state index contributed by atoms with van der Waals surface area (Å²) in [6.07, 6.45) is 6.13. The Morgan fingerprint density at radius 2 is 1.95 bits per heavy atom. The summed E-state index contributed by atoms with van der Waals surface area (Å²) in [5.74, 6) is 3.50. The van der Waals surface area contributed by atoms with Gasteiger partial charge in [-0.05, 0) is 66.5 Å². The van der Waals surface area contributed by atoms with E-state index in [9.17, 15) is 4.79 Å². The summed E-state index contributed by atoms with van der Waals surface area (Å²) in [7, 11) is 0. The molecule has 3 heteroatoms. The van der Waals surface area contributed by atoms with Gasteiger partial charge in [0.1, 0.15) is 0 Å². The molecule has 0 spiro atoms. The van der Waals surface area contributed by atoms with Gasteiger partial charge in [-0.15, -0.1) is 0 Å². The topological polar surface area (TPSA) is 44.9 Å². The van der Waals surface area contributed by atoms with E-state index >= 15 is 0 Å². The summed E-state index contributed by atoms with van der Waals surface area (Å²) in [6.45, 7) is 0. The lowest BCUT2D eigenvalue weighted by molar-refractivity contribution is 0.0944. The smallest absolute Gasteiger partial charge is 0.251 e. The fourth-order valence-electron chi connectivity index (χ4n) is 4.94. The largest absolute Gasteiger partial charge is 0.361 e. The van der Waals surface area contributed by atoms with E-state index in [2.05, 4.69) is 10.3 Å². The van der Waals surface area contributed by atoms with Crippen LogP contribution in [-0.4, -0.2) is 16.9 Å². The molecule has 2 N–H and O–H groups in total. The summed E-state index contributed by atoms with van der Waals surface area (Å²) in [4.78, 5) is 15.6. The van der Waals surface area contributed by atoms with Gasteiger partial charge >= 0.3 is 0 Å². The van der Waals surface area contributed by atoms with Gasteiger partial charge in [-0.25, -0.2) is 0 Å². The third-order valence-electron chi connectivity index (χ3n) is 5.85. The first-order valence-corrected chi connectivity index (χ1v) is 7.69. The summed E-state index contributed by atoms with van der Waals surface area (Å²) in [5, 5.41) is 4.43. The molecule has 0 radical (unpaired) electrons. The van der Waals surface area contributed by atoms with Crippen LogP contribution in [0.5, 0.6) is 0 Å². The van der Waals surface area contributed by atoms with Gasteiger partial charge in [0.2, 0.25) is 0 Å². The van der Waals surface area contributed by atoms with E-state index < -0.39 is 0 Å².